The number of aromatic nitrogens is 2. The van der Waals surface area contributed by atoms with Gasteiger partial charge in [-0.3, -0.25) is 14.0 Å². The number of aryl methyl sites for hydroxylation is 1. The summed E-state index contributed by atoms with van der Waals surface area (Å²) in [5, 5.41) is 12.5. The highest BCUT2D eigenvalue weighted by molar-refractivity contribution is 6.32. The number of carbonyl (C=O) groups is 1. The van der Waals surface area contributed by atoms with Gasteiger partial charge in [0, 0.05) is 26.5 Å². The first-order valence-corrected chi connectivity index (χ1v) is 10.2. The van der Waals surface area contributed by atoms with E-state index in [1.807, 2.05) is 19.1 Å². The molecule has 1 N–H and O–H groups in total. The van der Waals surface area contributed by atoms with E-state index in [0.717, 1.165) is 5.56 Å². The van der Waals surface area contributed by atoms with Gasteiger partial charge in [0.05, 0.1) is 5.02 Å². The number of halogens is 1. The first-order valence-electron chi connectivity index (χ1n) is 9.79. The molecule has 0 aliphatic rings. The highest BCUT2D eigenvalue weighted by Crippen LogP contribution is 2.30. The summed E-state index contributed by atoms with van der Waals surface area (Å²) in [5.74, 6) is -0.380. The molecule has 0 saturated carbocycles. The highest BCUT2D eigenvalue weighted by Gasteiger charge is 2.18. The second-order valence-corrected chi connectivity index (χ2v) is 7.23. The Bertz CT molecular complexity index is 1280. The van der Waals surface area contributed by atoms with Crippen LogP contribution in [0.15, 0.2) is 53.0 Å². The highest BCUT2D eigenvalue weighted by atomic mass is 35.5. The van der Waals surface area contributed by atoms with Gasteiger partial charge in [0.2, 0.25) is 5.88 Å². The number of methoxy groups -OCH3 is 1. The van der Waals surface area contributed by atoms with Crippen LogP contribution in [0, 0.1) is 18.3 Å². The van der Waals surface area contributed by atoms with Crippen molar-refractivity contribution in [2.45, 2.75) is 13.3 Å². The number of pyridine rings is 1. The maximum atomic E-state index is 13.3. The summed E-state index contributed by atoms with van der Waals surface area (Å²) in [5.41, 5.74) is 0.356. The van der Waals surface area contributed by atoms with Gasteiger partial charge in [-0.15, -0.1) is 0 Å². The van der Waals surface area contributed by atoms with Crippen molar-refractivity contribution in [2.24, 2.45) is 0 Å². The van der Waals surface area contributed by atoms with Crippen LogP contribution >= 0.6 is 11.6 Å². The number of rotatable bonds is 8. The van der Waals surface area contributed by atoms with E-state index in [2.05, 4.69) is 10.3 Å². The van der Waals surface area contributed by atoms with E-state index in [1.54, 1.807) is 43.6 Å². The van der Waals surface area contributed by atoms with E-state index in [0.29, 0.717) is 30.2 Å². The minimum atomic E-state index is -0.610. The van der Waals surface area contributed by atoms with Crippen LogP contribution in [0.3, 0.4) is 0 Å². The second kappa shape index (κ2) is 10.6. The Labute approximate surface area is 189 Å². The number of para-hydroxylation sites is 1. The molecule has 1 aromatic carbocycles. The molecule has 0 radical (unpaired) electrons. The Morgan fingerprint density at radius 1 is 1.31 bits per heavy atom. The molecule has 0 bridgehead atoms. The molecule has 9 heteroatoms. The third kappa shape index (κ3) is 5.14. The molecule has 3 rings (SSSR count). The van der Waals surface area contributed by atoms with E-state index in [4.69, 9.17) is 21.1 Å². The van der Waals surface area contributed by atoms with Gasteiger partial charge in [0.1, 0.15) is 28.6 Å². The fourth-order valence-corrected chi connectivity index (χ4v) is 3.11. The lowest BCUT2D eigenvalue weighted by atomic mass is 10.1. The third-order valence-corrected chi connectivity index (χ3v) is 4.87. The number of nitrogens with one attached hydrogen (secondary N) is 1. The molecule has 0 unspecified atom stereocenters. The average Bonchev–Trinajstić information content (AvgIpc) is 2.79. The van der Waals surface area contributed by atoms with E-state index >= 15 is 0 Å². The number of benzene rings is 1. The van der Waals surface area contributed by atoms with Crippen LogP contribution < -0.4 is 15.6 Å². The fourth-order valence-electron chi connectivity index (χ4n) is 2.93. The second-order valence-electron chi connectivity index (χ2n) is 6.83. The Morgan fingerprint density at radius 2 is 2.09 bits per heavy atom. The molecule has 32 heavy (non-hydrogen) atoms. The quantitative estimate of drug-likeness (QED) is 0.318. The lowest BCUT2D eigenvalue weighted by Crippen LogP contribution is -2.27. The zero-order valence-electron chi connectivity index (χ0n) is 17.6. The molecule has 0 atom stereocenters. The fraction of sp³-hybridized carbons (Fsp3) is 0.217. The lowest BCUT2D eigenvalue weighted by molar-refractivity contribution is -0.117. The summed E-state index contributed by atoms with van der Waals surface area (Å²) in [6.45, 7) is 2.60. The topological polar surface area (TPSA) is 106 Å². The van der Waals surface area contributed by atoms with E-state index in [1.165, 1.54) is 10.5 Å². The summed E-state index contributed by atoms with van der Waals surface area (Å²) < 4.78 is 12.1. The Morgan fingerprint density at radius 3 is 2.81 bits per heavy atom. The first kappa shape index (κ1) is 23.0. The number of carbonyl (C=O) groups excluding carboxylic acids is 1. The molecule has 0 aliphatic heterocycles. The number of ether oxygens (including phenoxy) is 2. The molecular weight excluding hydrogens is 432 g/mol. The summed E-state index contributed by atoms with van der Waals surface area (Å²) in [4.78, 5) is 30.2. The van der Waals surface area contributed by atoms with Crippen LogP contribution in [-0.4, -0.2) is 35.6 Å². The monoisotopic (exact) mass is 452 g/mol. The van der Waals surface area contributed by atoms with Crippen molar-refractivity contribution in [1.29, 1.82) is 5.26 Å². The molecule has 3 aromatic rings. The molecule has 0 fully saturated rings. The Kier molecular flexibility index (Phi) is 7.60. The number of hydrogen-bond donors (Lipinski definition) is 1. The number of fused-ring (bicyclic) bond motifs is 1. The molecule has 2 heterocycles. The zero-order chi connectivity index (χ0) is 23.1. The van der Waals surface area contributed by atoms with Gasteiger partial charge < -0.3 is 14.8 Å². The van der Waals surface area contributed by atoms with Gasteiger partial charge in [-0.1, -0.05) is 29.8 Å². The standard InChI is InChI=1S/C23H21ClN4O4/c1-15-7-5-11-28-20(15)27-22(32-19-9-4-3-8-18(19)24)17(23(28)30)13-16(14-25)21(29)26-10-6-12-31-2/h3-5,7-9,11,13H,6,10,12H2,1-2H3,(H,26,29)/b16-13+. The van der Waals surface area contributed by atoms with Crippen LogP contribution in [0.25, 0.3) is 11.7 Å². The van der Waals surface area contributed by atoms with E-state index in [9.17, 15) is 14.9 Å². The van der Waals surface area contributed by atoms with E-state index < -0.39 is 11.5 Å². The molecule has 8 nitrogen and oxygen atoms in total. The van der Waals surface area contributed by atoms with Crippen LogP contribution in [0.4, 0.5) is 0 Å². The van der Waals surface area contributed by atoms with Crippen molar-refractivity contribution >= 4 is 29.2 Å². The molecule has 0 spiro atoms. The minimum absolute atomic E-state index is 0.0448. The lowest BCUT2D eigenvalue weighted by Gasteiger charge is -2.12. The Hall–Kier alpha value is -3.67. The molecular formula is C23H21ClN4O4. The predicted molar refractivity (Wildman–Crippen MR) is 121 cm³/mol. The molecule has 2 aromatic heterocycles. The van der Waals surface area contributed by atoms with Crippen molar-refractivity contribution in [1.82, 2.24) is 14.7 Å². The first-order chi connectivity index (χ1) is 15.5. The number of amides is 1. The van der Waals surface area contributed by atoms with Gasteiger partial charge in [-0.25, -0.2) is 0 Å². The molecule has 164 valence electrons. The van der Waals surface area contributed by atoms with Crippen LogP contribution in [0.5, 0.6) is 11.6 Å². The van der Waals surface area contributed by atoms with Crippen LogP contribution in [0.1, 0.15) is 17.5 Å². The summed E-state index contributed by atoms with van der Waals surface area (Å²) in [6, 6.07) is 12.1. The summed E-state index contributed by atoms with van der Waals surface area (Å²) in [7, 11) is 1.56. The number of hydrogen-bond acceptors (Lipinski definition) is 6. The van der Waals surface area contributed by atoms with Crippen molar-refractivity contribution < 1.29 is 14.3 Å². The predicted octanol–water partition coefficient (Wildman–Crippen LogP) is 3.51. The molecule has 1 amide bonds. The van der Waals surface area contributed by atoms with Gasteiger partial charge in [-0.05, 0) is 43.2 Å². The Balaban J connectivity index is 2.11. The van der Waals surface area contributed by atoms with Gasteiger partial charge >= 0.3 is 0 Å². The molecule has 0 saturated heterocycles. The maximum Gasteiger partial charge on any atom is 0.269 e. The largest absolute Gasteiger partial charge is 0.437 e. The van der Waals surface area contributed by atoms with Crippen molar-refractivity contribution in [3.8, 4) is 17.7 Å². The SMILES string of the molecule is COCCCNC(=O)/C(C#N)=C/c1c(Oc2ccccc2Cl)nc2c(C)cccn2c1=O. The van der Waals surface area contributed by atoms with Crippen LogP contribution in [0.2, 0.25) is 5.02 Å². The number of nitriles is 1. The van der Waals surface area contributed by atoms with Crippen molar-refractivity contribution in [2.75, 3.05) is 20.3 Å². The average molecular weight is 453 g/mol. The van der Waals surface area contributed by atoms with Crippen molar-refractivity contribution in [3.63, 3.8) is 0 Å². The summed E-state index contributed by atoms with van der Waals surface area (Å²) >= 11 is 6.20. The van der Waals surface area contributed by atoms with Gasteiger partial charge in [-0.2, -0.15) is 10.2 Å². The minimum Gasteiger partial charge on any atom is -0.437 e. The van der Waals surface area contributed by atoms with E-state index in [-0.39, 0.29) is 22.8 Å². The van der Waals surface area contributed by atoms with Gasteiger partial charge in [0.15, 0.2) is 0 Å². The van der Waals surface area contributed by atoms with Crippen LogP contribution in [-0.2, 0) is 9.53 Å². The van der Waals surface area contributed by atoms with Gasteiger partial charge in [0.25, 0.3) is 11.5 Å². The zero-order valence-corrected chi connectivity index (χ0v) is 18.3. The smallest absolute Gasteiger partial charge is 0.269 e. The normalized spacial score (nSPS) is 11.2. The maximum absolute atomic E-state index is 13.3. The third-order valence-electron chi connectivity index (χ3n) is 4.56. The number of nitrogens with zero attached hydrogens (tertiary/aromatic N) is 3. The molecule has 0 aliphatic carbocycles. The summed E-state index contributed by atoms with van der Waals surface area (Å²) in [6.07, 6.45) is 3.33. The van der Waals surface area contributed by atoms with Crippen molar-refractivity contribution in [3.05, 3.63) is 74.7 Å².